The number of hydrogen-bond acceptors (Lipinski definition) is 2. The van der Waals surface area contributed by atoms with Gasteiger partial charge in [0, 0.05) is 5.54 Å². The summed E-state index contributed by atoms with van der Waals surface area (Å²) < 4.78 is 13.6. The van der Waals surface area contributed by atoms with E-state index >= 15 is 0 Å². The van der Waals surface area contributed by atoms with Crippen LogP contribution in [0.2, 0.25) is 0 Å². The third-order valence-corrected chi connectivity index (χ3v) is 3.55. The molecule has 0 saturated heterocycles. The molecule has 0 spiro atoms. The fourth-order valence-electron chi connectivity index (χ4n) is 1.31. The van der Waals surface area contributed by atoms with E-state index in [-0.39, 0.29) is 11.6 Å². The zero-order valence-electron chi connectivity index (χ0n) is 11.6. The van der Waals surface area contributed by atoms with Gasteiger partial charge in [0.2, 0.25) is 5.91 Å². The summed E-state index contributed by atoms with van der Waals surface area (Å²) in [4.78, 5) is 12.2. The topological polar surface area (TPSA) is 55.1 Å². The van der Waals surface area contributed by atoms with Crippen LogP contribution in [0.5, 0.6) is 0 Å². The first-order chi connectivity index (χ1) is 8.05. The lowest BCUT2D eigenvalue weighted by molar-refractivity contribution is -0.126. The molecule has 1 rings (SSSR count). The summed E-state index contributed by atoms with van der Waals surface area (Å²) in [5.74, 6) is -0.737. The Balaban J connectivity index is 2.98. The molecule has 0 heterocycles. The second-order valence-electron chi connectivity index (χ2n) is 5.78. The van der Waals surface area contributed by atoms with Crippen LogP contribution in [0.3, 0.4) is 0 Å². The first kappa shape index (κ1) is 14.6. The number of rotatable bonds is 3. The van der Waals surface area contributed by atoms with Crippen molar-refractivity contribution in [1.82, 2.24) is 0 Å². The molecule has 1 aromatic carbocycles. The van der Waals surface area contributed by atoms with E-state index in [4.69, 9.17) is 5.73 Å². The van der Waals surface area contributed by atoms with Crippen LogP contribution in [0.1, 0.15) is 33.3 Å². The predicted octanol–water partition coefficient (Wildman–Crippen LogP) is 2.84. The summed E-state index contributed by atoms with van der Waals surface area (Å²) in [6.45, 7) is 8.89. The van der Waals surface area contributed by atoms with Gasteiger partial charge in [0.1, 0.15) is 5.82 Å². The quantitative estimate of drug-likeness (QED) is 0.869. The summed E-state index contributed by atoms with van der Waals surface area (Å²) in [7, 11) is 0. The molecule has 3 N–H and O–H groups in total. The van der Waals surface area contributed by atoms with E-state index in [1.807, 2.05) is 6.92 Å². The van der Waals surface area contributed by atoms with Crippen molar-refractivity contribution in [2.45, 2.75) is 40.2 Å². The molecule has 0 saturated carbocycles. The Kier molecular flexibility index (Phi) is 3.81. The first-order valence-corrected chi connectivity index (χ1v) is 5.92. The molecule has 4 heteroatoms. The Labute approximate surface area is 108 Å². The number of amides is 1. The van der Waals surface area contributed by atoms with Crippen molar-refractivity contribution in [2.24, 2.45) is 11.1 Å². The van der Waals surface area contributed by atoms with Gasteiger partial charge < -0.3 is 11.1 Å². The fourth-order valence-corrected chi connectivity index (χ4v) is 1.31. The van der Waals surface area contributed by atoms with Crippen LogP contribution in [0, 0.1) is 18.2 Å². The highest BCUT2D eigenvalue weighted by Gasteiger charge is 2.40. The lowest BCUT2D eigenvalue weighted by Crippen LogP contribution is -2.53. The Bertz CT molecular complexity index is 461. The van der Waals surface area contributed by atoms with Gasteiger partial charge in [-0.3, -0.25) is 4.79 Å². The SMILES string of the molecule is Cc1ccc(F)c(NC(=O)C(C)(C)C(C)(C)N)c1. The number of nitrogens with two attached hydrogens (primary N) is 1. The van der Waals surface area contributed by atoms with Gasteiger partial charge in [0.05, 0.1) is 11.1 Å². The number of carbonyl (C=O) groups is 1. The van der Waals surface area contributed by atoms with Gasteiger partial charge in [-0.15, -0.1) is 0 Å². The molecule has 0 aliphatic heterocycles. The van der Waals surface area contributed by atoms with Gasteiger partial charge in [-0.25, -0.2) is 4.39 Å². The van der Waals surface area contributed by atoms with Crippen LogP contribution < -0.4 is 11.1 Å². The standard InChI is InChI=1S/C14H21FN2O/c1-9-6-7-10(15)11(8-9)17-12(18)13(2,3)14(4,5)16/h6-8H,16H2,1-5H3,(H,17,18). The number of nitrogens with one attached hydrogen (secondary N) is 1. The maximum Gasteiger partial charge on any atom is 0.231 e. The van der Waals surface area contributed by atoms with Crippen LogP contribution in [0.4, 0.5) is 10.1 Å². The van der Waals surface area contributed by atoms with E-state index in [0.717, 1.165) is 5.56 Å². The summed E-state index contributed by atoms with van der Waals surface area (Å²) in [6, 6.07) is 4.60. The van der Waals surface area contributed by atoms with E-state index in [0.29, 0.717) is 0 Å². The Morgan fingerprint density at radius 2 is 1.83 bits per heavy atom. The summed E-state index contributed by atoms with van der Waals surface area (Å²) >= 11 is 0. The molecular formula is C14H21FN2O. The normalized spacial score (nSPS) is 12.4. The smallest absolute Gasteiger partial charge is 0.231 e. The Hall–Kier alpha value is -1.42. The second-order valence-corrected chi connectivity index (χ2v) is 5.78. The third-order valence-electron chi connectivity index (χ3n) is 3.55. The zero-order valence-corrected chi connectivity index (χ0v) is 11.6. The van der Waals surface area contributed by atoms with Crippen molar-refractivity contribution in [3.8, 4) is 0 Å². The lowest BCUT2D eigenvalue weighted by atomic mass is 9.74. The predicted molar refractivity (Wildman–Crippen MR) is 71.8 cm³/mol. The van der Waals surface area contributed by atoms with Gasteiger partial charge >= 0.3 is 0 Å². The molecule has 0 fully saturated rings. The Morgan fingerprint density at radius 1 is 1.28 bits per heavy atom. The zero-order chi connectivity index (χ0) is 14.1. The van der Waals surface area contributed by atoms with Gasteiger partial charge in [0.25, 0.3) is 0 Å². The molecule has 18 heavy (non-hydrogen) atoms. The number of carbonyl (C=O) groups excluding carboxylic acids is 1. The monoisotopic (exact) mass is 252 g/mol. The van der Waals surface area contributed by atoms with E-state index < -0.39 is 16.8 Å². The molecule has 1 aromatic rings. The highest BCUT2D eigenvalue weighted by atomic mass is 19.1. The van der Waals surface area contributed by atoms with Gasteiger partial charge in [-0.2, -0.15) is 0 Å². The van der Waals surface area contributed by atoms with E-state index in [1.165, 1.54) is 6.07 Å². The van der Waals surface area contributed by atoms with Crippen molar-refractivity contribution in [3.63, 3.8) is 0 Å². The molecule has 100 valence electrons. The molecule has 0 unspecified atom stereocenters. The molecule has 0 bridgehead atoms. The second kappa shape index (κ2) is 4.69. The minimum absolute atomic E-state index is 0.192. The van der Waals surface area contributed by atoms with Crippen LogP contribution in [0.15, 0.2) is 18.2 Å². The average molecular weight is 252 g/mol. The van der Waals surface area contributed by atoms with Crippen LogP contribution >= 0.6 is 0 Å². The number of aryl methyl sites for hydroxylation is 1. The van der Waals surface area contributed by atoms with Crippen molar-refractivity contribution in [3.05, 3.63) is 29.6 Å². The summed E-state index contributed by atoms with van der Waals surface area (Å²) in [6.07, 6.45) is 0. The maximum atomic E-state index is 13.6. The molecule has 1 amide bonds. The molecule has 0 aliphatic carbocycles. The van der Waals surface area contributed by atoms with Crippen molar-refractivity contribution in [1.29, 1.82) is 0 Å². The molecule has 0 atom stereocenters. The fraction of sp³-hybridized carbons (Fsp3) is 0.500. The first-order valence-electron chi connectivity index (χ1n) is 5.92. The number of benzene rings is 1. The largest absolute Gasteiger partial charge is 0.325 e. The number of anilines is 1. The maximum absolute atomic E-state index is 13.6. The summed E-state index contributed by atoms with van der Waals surface area (Å²) in [5, 5.41) is 2.60. The van der Waals surface area contributed by atoms with Gasteiger partial charge in [-0.1, -0.05) is 6.07 Å². The average Bonchev–Trinajstić information content (AvgIpc) is 2.21. The van der Waals surface area contributed by atoms with Gasteiger partial charge in [0.15, 0.2) is 0 Å². The lowest BCUT2D eigenvalue weighted by Gasteiger charge is -2.36. The van der Waals surface area contributed by atoms with Crippen LogP contribution in [0.25, 0.3) is 0 Å². The molecule has 0 aromatic heterocycles. The van der Waals surface area contributed by atoms with Crippen molar-refractivity contribution >= 4 is 11.6 Å². The van der Waals surface area contributed by atoms with Crippen LogP contribution in [-0.2, 0) is 4.79 Å². The third kappa shape index (κ3) is 2.88. The minimum atomic E-state index is -0.802. The minimum Gasteiger partial charge on any atom is -0.325 e. The molecule has 0 radical (unpaired) electrons. The van der Waals surface area contributed by atoms with E-state index in [1.54, 1.807) is 39.8 Å². The van der Waals surface area contributed by atoms with E-state index in [9.17, 15) is 9.18 Å². The number of halogens is 1. The van der Waals surface area contributed by atoms with Crippen molar-refractivity contribution in [2.75, 3.05) is 5.32 Å². The molecular weight excluding hydrogens is 231 g/mol. The molecule has 0 aliphatic rings. The highest BCUT2D eigenvalue weighted by molar-refractivity contribution is 5.95. The number of hydrogen-bond donors (Lipinski definition) is 2. The van der Waals surface area contributed by atoms with Crippen molar-refractivity contribution < 1.29 is 9.18 Å². The molecule has 3 nitrogen and oxygen atoms in total. The van der Waals surface area contributed by atoms with E-state index in [2.05, 4.69) is 5.32 Å². The van der Waals surface area contributed by atoms with Crippen LogP contribution in [-0.4, -0.2) is 11.4 Å². The Morgan fingerprint density at radius 3 is 2.33 bits per heavy atom. The summed E-state index contributed by atoms with van der Waals surface area (Å²) in [5.41, 5.74) is 5.56. The van der Waals surface area contributed by atoms with Gasteiger partial charge in [-0.05, 0) is 52.3 Å². The highest BCUT2D eigenvalue weighted by Crippen LogP contribution is 2.30.